The molecule has 1 aromatic rings. The minimum atomic E-state index is -0.837. The Hall–Kier alpha value is -1.26. The second kappa shape index (κ2) is 5.80. The topological polar surface area (TPSA) is 66.4 Å². The Morgan fingerprint density at radius 3 is 2.53 bits per heavy atom. The molecule has 1 aliphatic rings. The number of hydrogen-bond donors (Lipinski definition) is 2. The van der Waals surface area contributed by atoms with Gasteiger partial charge in [-0.05, 0) is 37.5 Å². The molecule has 0 spiro atoms. The molecule has 4 nitrogen and oxygen atoms in total. The van der Waals surface area contributed by atoms with Crippen LogP contribution in [-0.2, 0) is 9.59 Å². The summed E-state index contributed by atoms with van der Waals surface area (Å²) in [5.41, 5.74) is 0.456. The zero-order valence-corrected chi connectivity index (χ0v) is 11.5. The van der Waals surface area contributed by atoms with Crippen molar-refractivity contribution in [3.05, 3.63) is 28.2 Å². The van der Waals surface area contributed by atoms with Crippen LogP contribution >= 0.6 is 23.2 Å². The van der Waals surface area contributed by atoms with Crippen LogP contribution in [0, 0.1) is 11.8 Å². The van der Waals surface area contributed by atoms with E-state index in [9.17, 15) is 9.59 Å². The second-order valence-corrected chi connectivity index (χ2v) is 5.50. The largest absolute Gasteiger partial charge is 0.481 e. The van der Waals surface area contributed by atoms with Gasteiger partial charge in [-0.3, -0.25) is 9.59 Å². The molecule has 2 rings (SSSR count). The van der Waals surface area contributed by atoms with Crippen LogP contribution in [0.3, 0.4) is 0 Å². The third-order valence-electron chi connectivity index (χ3n) is 3.34. The molecule has 2 atom stereocenters. The lowest BCUT2D eigenvalue weighted by molar-refractivity contribution is -0.141. The number of carbonyl (C=O) groups is 2. The number of benzene rings is 1. The van der Waals surface area contributed by atoms with E-state index in [1.54, 1.807) is 18.2 Å². The van der Waals surface area contributed by atoms with Crippen molar-refractivity contribution < 1.29 is 14.7 Å². The minimum Gasteiger partial charge on any atom is -0.481 e. The average Bonchev–Trinajstić information content (AvgIpc) is 2.83. The highest BCUT2D eigenvalue weighted by Crippen LogP contribution is 2.33. The van der Waals surface area contributed by atoms with E-state index in [-0.39, 0.29) is 11.8 Å². The Balaban J connectivity index is 2.02. The Kier molecular flexibility index (Phi) is 4.32. The van der Waals surface area contributed by atoms with Crippen molar-refractivity contribution in [1.82, 2.24) is 0 Å². The fraction of sp³-hybridized carbons (Fsp3) is 0.385. The summed E-state index contributed by atoms with van der Waals surface area (Å²) in [5, 5.41) is 12.5. The number of amides is 1. The summed E-state index contributed by atoms with van der Waals surface area (Å²) in [5.74, 6) is -1.74. The molecule has 0 bridgehead atoms. The van der Waals surface area contributed by atoms with Crippen LogP contribution in [0.4, 0.5) is 5.69 Å². The molecule has 1 aliphatic carbocycles. The van der Waals surface area contributed by atoms with E-state index in [0.717, 1.165) is 0 Å². The monoisotopic (exact) mass is 301 g/mol. The van der Waals surface area contributed by atoms with Gasteiger partial charge < -0.3 is 10.4 Å². The molecule has 1 saturated carbocycles. The van der Waals surface area contributed by atoms with Gasteiger partial charge in [0.15, 0.2) is 0 Å². The predicted octanol–water partition coefficient (Wildman–Crippen LogP) is 3.43. The van der Waals surface area contributed by atoms with Crippen molar-refractivity contribution in [3.8, 4) is 0 Å². The first-order chi connectivity index (χ1) is 8.97. The van der Waals surface area contributed by atoms with Crippen molar-refractivity contribution in [3.63, 3.8) is 0 Å². The first-order valence-corrected chi connectivity index (χ1v) is 6.71. The van der Waals surface area contributed by atoms with Crippen LogP contribution < -0.4 is 5.32 Å². The number of carbonyl (C=O) groups excluding carboxylic acids is 1. The van der Waals surface area contributed by atoms with Crippen molar-refractivity contribution >= 4 is 40.8 Å². The van der Waals surface area contributed by atoms with E-state index in [2.05, 4.69) is 5.32 Å². The van der Waals surface area contributed by atoms with E-state index in [0.29, 0.717) is 35.0 Å². The number of carboxylic acids is 1. The number of aliphatic carboxylic acids is 1. The van der Waals surface area contributed by atoms with Crippen LogP contribution in [0.15, 0.2) is 18.2 Å². The first-order valence-electron chi connectivity index (χ1n) is 5.96. The molecule has 0 saturated heterocycles. The van der Waals surface area contributed by atoms with Crippen LogP contribution in [-0.4, -0.2) is 17.0 Å². The van der Waals surface area contributed by atoms with E-state index < -0.39 is 11.9 Å². The summed E-state index contributed by atoms with van der Waals surface area (Å²) >= 11 is 11.8. The number of hydrogen-bond acceptors (Lipinski definition) is 2. The van der Waals surface area contributed by atoms with Crippen molar-refractivity contribution in [2.75, 3.05) is 5.32 Å². The molecule has 0 aliphatic heterocycles. The van der Waals surface area contributed by atoms with Gasteiger partial charge in [-0.15, -0.1) is 0 Å². The summed E-state index contributed by atoms with van der Waals surface area (Å²) < 4.78 is 0. The van der Waals surface area contributed by atoms with Crippen LogP contribution in [0.1, 0.15) is 19.3 Å². The van der Waals surface area contributed by atoms with Crippen molar-refractivity contribution in [2.45, 2.75) is 19.3 Å². The maximum atomic E-state index is 12.0. The number of carboxylic acid groups (broad SMARTS) is 1. The third kappa shape index (κ3) is 3.39. The molecule has 0 aromatic heterocycles. The summed E-state index contributed by atoms with van der Waals surface area (Å²) in [4.78, 5) is 22.9. The molecule has 1 aromatic carbocycles. The van der Waals surface area contributed by atoms with Gasteiger partial charge in [0.2, 0.25) is 5.91 Å². The number of rotatable bonds is 3. The van der Waals surface area contributed by atoms with Gasteiger partial charge in [0.05, 0.1) is 16.6 Å². The van der Waals surface area contributed by atoms with E-state index in [1.165, 1.54) is 0 Å². The highest BCUT2D eigenvalue weighted by Gasteiger charge is 2.33. The quantitative estimate of drug-likeness (QED) is 0.899. The molecule has 0 radical (unpaired) electrons. The second-order valence-electron chi connectivity index (χ2n) is 4.66. The summed E-state index contributed by atoms with van der Waals surface area (Å²) in [6.07, 6.45) is 1.50. The maximum absolute atomic E-state index is 12.0. The van der Waals surface area contributed by atoms with E-state index >= 15 is 0 Å². The molecule has 0 unspecified atom stereocenters. The van der Waals surface area contributed by atoms with Gasteiger partial charge in [-0.2, -0.15) is 0 Å². The smallest absolute Gasteiger partial charge is 0.306 e. The van der Waals surface area contributed by atoms with Gasteiger partial charge in [-0.25, -0.2) is 0 Å². The molecule has 102 valence electrons. The van der Waals surface area contributed by atoms with Gasteiger partial charge in [0.25, 0.3) is 0 Å². The summed E-state index contributed by atoms with van der Waals surface area (Å²) in [6, 6.07) is 4.81. The molecule has 1 amide bonds. The first kappa shape index (κ1) is 14.2. The third-order valence-corrected chi connectivity index (χ3v) is 3.90. The fourth-order valence-electron chi connectivity index (χ4n) is 2.27. The standard InChI is InChI=1S/C13H13Cl2NO3/c14-9-3-4-10(15)11(6-9)16-12(17)7-1-2-8(5-7)13(18)19/h3-4,6-8H,1-2,5H2,(H,16,17)(H,18,19)/t7-,8+/m1/s1. The Labute approximate surface area is 120 Å². The minimum absolute atomic E-state index is 0.201. The average molecular weight is 302 g/mol. The number of halogens is 2. The fourth-order valence-corrected chi connectivity index (χ4v) is 2.61. The van der Waals surface area contributed by atoms with E-state index in [1.807, 2.05) is 0 Å². The summed E-state index contributed by atoms with van der Waals surface area (Å²) in [6.45, 7) is 0. The highest BCUT2D eigenvalue weighted by molar-refractivity contribution is 6.35. The molecule has 6 heteroatoms. The van der Waals surface area contributed by atoms with Crippen molar-refractivity contribution in [2.24, 2.45) is 11.8 Å². The van der Waals surface area contributed by atoms with Gasteiger partial charge >= 0.3 is 5.97 Å². The summed E-state index contributed by atoms with van der Waals surface area (Å²) in [7, 11) is 0. The normalized spacial score (nSPS) is 22.2. The molecule has 1 fully saturated rings. The van der Waals surface area contributed by atoms with E-state index in [4.69, 9.17) is 28.3 Å². The lowest BCUT2D eigenvalue weighted by Crippen LogP contribution is -2.21. The Bertz CT molecular complexity index is 519. The Morgan fingerprint density at radius 1 is 1.21 bits per heavy atom. The van der Waals surface area contributed by atoms with Crippen LogP contribution in [0.25, 0.3) is 0 Å². The van der Waals surface area contributed by atoms with Gasteiger partial charge in [0.1, 0.15) is 0 Å². The van der Waals surface area contributed by atoms with Gasteiger partial charge in [0, 0.05) is 10.9 Å². The number of anilines is 1. The molecular formula is C13H13Cl2NO3. The lowest BCUT2D eigenvalue weighted by Gasteiger charge is -2.12. The molecule has 19 heavy (non-hydrogen) atoms. The number of nitrogens with one attached hydrogen (secondary N) is 1. The highest BCUT2D eigenvalue weighted by atomic mass is 35.5. The predicted molar refractivity (Wildman–Crippen MR) is 73.6 cm³/mol. The van der Waals surface area contributed by atoms with Crippen LogP contribution in [0.2, 0.25) is 10.0 Å². The zero-order valence-electron chi connectivity index (χ0n) is 10.0. The molecule has 0 heterocycles. The zero-order chi connectivity index (χ0) is 14.0. The maximum Gasteiger partial charge on any atom is 0.306 e. The van der Waals surface area contributed by atoms with Gasteiger partial charge in [-0.1, -0.05) is 23.2 Å². The SMILES string of the molecule is O=C(O)[C@H]1CC[C@@H](C(=O)Nc2cc(Cl)ccc2Cl)C1. The lowest BCUT2D eigenvalue weighted by atomic mass is 10.0. The molecule has 2 N–H and O–H groups in total. The molecular weight excluding hydrogens is 289 g/mol. The Morgan fingerprint density at radius 2 is 1.89 bits per heavy atom. The van der Waals surface area contributed by atoms with Crippen LogP contribution in [0.5, 0.6) is 0 Å². The van der Waals surface area contributed by atoms with Crippen molar-refractivity contribution in [1.29, 1.82) is 0 Å².